The van der Waals surface area contributed by atoms with Gasteiger partial charge in [0.25, 0.3) is 0 Å². The average molecular weight is 334 g/mol. The van der Waals surface area contributed by atoms with Crippen LogP contribution in [0.15, 0.2) is 36.8 Å². The van der Waals surface area contributed by atoms with Crippen molar-refractivity contribution in [1.82, 2.24) is 19.9 Å². The van der Waals surface area contributed by atoms with Crippen LogP contribution in [-0.2, 0) is 0 Å². The van der Waals surface area contributed by atoms with E-state index in [2.05, 4.69) is 49.6 Å². The summed E-state index contributed by atoms with van der Waals surface area (Å²) in [5.74, 6) is 2.07. The molecule has 0 bridgehead atoms. The van der Waals surface area contributed by atoms with Crippen LogP contribution >= 0.6 is 0 Å². The van der Waals surface area contributed by atoms with Crippen molar-refractivity contribution in [1.29, 1.82) is 0 Å². The lowest BCUT2D eigenvalue weighted by Crippen LogP contribution is -2.13. The van der Waals surface area contributed by atoms with Gasteiger partial charge < -0.3 is 10.6 Å². The van der Waals surface area contributed by atoms with Gasteiger partial charge in [-0.05, 0) is 43.4 Å². The Kier molecular flexibility index (Phi) is 4.41. The zero-order valence-corrected chi connectivity index (χ0v) is 14.4. The van der Waals surface area contributed by atoms with E-state index in [1.807, 2.05) is 12.1 Å². The number of hydrogen-bond acceptors (Lipinski definition) is 6. The summed E-state index contributed by atoms with van der Waals surface area (Å²) in [6.07, 6.45) is 8.55. The van der Waals surface area contributed by atoms with Crippen molar-refractivity contribution in [2.45, 2.75) is 32.6 Å². The summed E-state index contributed by atoms with van der Waals surface area (Å²) in [4.78, 5) is 17.7. The lowest BCUT2D eigenvalue weighted by molar-refractivity contribution is 0.578. The van der Waals surface area contributed by atoms with Gasteiger partial charge in [0.05, 0.1) is 6.20 Å². The van der Waals surface area contributed by atoms with Gasteiger partial charge in [0.15, 0.2) is 5.82 Å². The summed E-state index contributed by atoms with van der Waals surface area (Å²) in [6, 6.07) is 8.18. The fourth-order valence-corrected chi connectivity index (χ4v) is 3.34. The number of nitrogens with zero attached hydrogens (tertiary/aromatic N) is 4. The predicted molar refractivity (Wildman–Crippen MR) is 100 cm³/mol. The Labute approximate surface area is 147 Å². The highest BCUT2D eigenvalue weighted by Crippen LogP contribution is 2.25. The predicted octanol–water partition coefficient (Wildman–Crippen LogP) is 4.07. The highest BCUT2D eigenvalue weighted by atomic mass is 15.1. The van der Waals surface area contributed by atoms with Gasteiger partial charge in [-0.15, -0.1) is 0 Å². The van der Waals surface area contributed by atoms with Crippen LogP contribution in [0.5, 0.6) is 0 Å². The molecule has 0 spiro atoms. The maximum absolute atomic E-state index is 4.65. The molecule has 1 saturated carbocycles. The molecule has 1 aliphatic carbocycles. The second-order valence-corrected chi connectivity index (χ2v) is 6.68. The molecule has 2 N–H and O–H groups in total. The Bertz CT molecular complexity index is 873. The molecule has 1 aliphatic rings. The van der Waals surface area contributed by atoms with E-state index in [0.29, 0.717) is 11.8 Å². The summed E-state index contributed by atoms with van der Waals surface area (Å²) in [6.45, 7) is 3.00. The van der Waals surface area contributed by atoms with Crippen LogP contribution in [-0.4, -0.2) is 26.5 Å². The van der Waals surface area contributed by atoms with Gasteiger partial charge in [-0.3, -0.25) is 0 Å². The number of fused-ring (bicyclic) bond motifs is 1. The number of aromatic nitrogens is 4. The van der Waals surface area contributed by atoms with Crippen LogP contribution in [0.2, 0.25) is 0 Å². The van der Waals surface area contributed by atoms with Gasteiger partial charge in [-0.2, -0.15) is 0 Å². The summed E-state index contributed by atoms with van der Waals surface area (Å²) >= 11 is 0. The summed E-state index contributed by atoms with van der Waals surface area (Å²) in [5, 5.41) is 6.72. The average Bonchev–Trinajstić information content (AvgIpc) is 3.14. The molecule has 0 unspecified atom stereocenters. The number of rotatable bonds is 5. The normalized spacial score (nSPS) is 14.8. The minimum atomic E-state index is 0.640. The second kappa shape index (κ2) is 7.01. The molecule has 25 heavy (non-hydrogen) atoms. The van der Waals surface area contributed by atoms with Crippen molar-refractivity contribution >= 4 is 28.5 Å². The van der Waals surface area contributed by atoms with E-state index in [-0.39, 0.29) is 0 Å². The summed E-state index contributed by atoms with van der Waals surface area (Å²) in [7, 11) is 0. The van der Waals surface area contributed by atoms with Gasteiger partial charge in [0.1, 0.15) is 17.4 Å². The molecular weight excluding hydrogens is 312 g/mol. The van der Waals surface area contributed by atoms with Crippen molar-refractivity contribution < 1.29 is 0 Å². The van der Waals surface area contributed by atoms with Gasteiger partial charge in [0.2, 0.25) is 5.95 Å². The Morgan fingerprint density at radius 2 is 2.00 bits per heavy atom. The van der Waals surface area contributed by atoms with Crippen molar-refractivity contribution in [2.24, 2.45) is 5.92 Å². The van der Waals surface area contributed by atoms with Crippen LogP contribution in [0.25, 0.3) is 11.0 Å². The largest absolute Gasteiger partial charge is 0.354 e. The van der Waals surface area contributed by atoms with Crippen molar-refractivity contribution in [3.63, 3.8) is 0 Å². The van der Waals surface area contributed by atoms with Gasteiger partial charge in [0, 0.05) is 12.2 Å². The second-order valence-electron chi connectivity index (χ2n) is 6.68. The molecule has 1 fully saturated rings. The van der Waals surface area contributed by atoms with E-state index >= 15 is 0 Å². The summed E-state index contributed by atoms with van der Waals surface area (Å²) in [5.41, 5.74) is 3.64. The molecule has 0 atom stereocenters. The lowest BCUT2D eigenvalue weighted by atomic mass is 10.1. The number of aryl methyl sites for hydroxylation is 1. The van der Waals surface area contributed by atoms with Crippen molar-refractivity contribution in [2.75, 3.05) is 17.2 Å². The van der Waals surface area contributed by atoms with Gasteiger partial charge in [-0.25, -0.2) is 19.9 Å². The van der Waals surface area contributed by atoms with E-state index in [1.165, 1.54) is 37.6 Å². The maximum atomic E-state index is 4.65. The molecule has 1 aromatic carbocycles. The Balaban J connectivity index is 1.59. The highest BCUT2D eigenvalue weighted by Gasteiger charge is 2.15. The first-order chi connectivity index (χ1) is 12.3. The number of anilines is 3. The fraction of sp³-hybridized carbons (Fsp3) is 0.368. The smallest absolute Gasteiger partial charge is 0.223 e. The monoisotopic (exact) mass is 334 g/mol. The first-order valence-corrected chi connectivity index (χ1v) is 8.83. The van der Waals surface area contributed by atoms with Crippen molar-refractivity contribution in [3.05, 3.63) is 42.4 Å². The third-order valence-corrected chi connectivity index (χ3v) is 4.68. The third-order valence-electron chi connectivity index (χ3n) is 4.68. The molecule has 128 valence electrons. The topological polar surface area (TPSA) is 75.6 Å². The van der Waals surface area contributed by atoms with Crippen LogP contribution in [0.1, 0.15) is 31.2 Å². The fourth-order valence-electron chi connectivity index (χ4n) is 3.34. The Morgan fingerprint density at radius 1 is 1.12 bits per heavy atom. The lowest BCUT2D eigenvalue weighted by Gasteiger charge is -2.12. The minimum Gasteiger partial charge on any atom is -0.354 e. The third kappa shape index (κ3) is 3.68. The standard InChI is InChI=1S/C19H22N6/c1-13-5-4-8-15(9-13)24-18-17-16(22-12-23-18)11-21-19(25-17)20-10-14-6-2-3-7-14/h4-5,8-9,11-12,14H,2-3,6-7,10H2,1H3,(H,20,21,25)(H,22,23,24). The van der Waals surface area contributed by atoms with Crippen molar-refractivity contribution in [3.8, 4) is 0 Å². The van der Waals surface area contributed by atoms with Crippen LogP contribution in [0, 0.1) is 12.8 Å². The number of benzene rings is 1. The zero-order chi connectivity index (χ0) is 17.1. The van der Waals surface area contributed by atoms with E-state index in [0.717, 1.165) is 29.2 Å². The first kappa shape index (κ1) is 15.7. The molecule has 0 amide bonds. The maximum Gasteiger partial charge on any atom is 0.223 e. The molecule has 2 heterocycles. The number of hydrogen-bond donors (Lipinski definition) is 2. The number of nitrogens with one attached hydrogen (secondary N) is 2. The van der Waals surface area contributed by atoms with Crippen LogP contribution in [0.3, 0.4) is 0 Å². The molecule has 3 aromatic rings. The van der Waals surface area contributed by atoms with E-state index in [4.69, 9.17) is 0 Å². The SMILES string of the molecule is Cc1cccc(Nc2ncnc3cnc(NCC4CCCC4)nc23)c1. The van der Waals surface area contributed by atoms with E-state index in [1.54, 1.807) is 6.20 Å². The molecule has 2 aromatic heterocycles. The molecule has 0 aliphatic heterocycles. The molecule has 4 rings (SSSR count). The Hall–Kier alpha value is -2.76. The molecule has 0 saturated heterocycles. The minimum absolute atomic E-state index is 0.640. The van der Waals surface area contributed by atoms with Gasteiger partial charge in [-0.1, -0.05) is 25.0 Å². The first-order valence-electron chi connectivity index (χ1n) is 8.83. The van der Waals surface area contributed by atoms with Crippen LogP contribution in [0.4, 0.5) is 17.5 Å². The van der Waals surface area contributed by atoms with Crippen LogP contribution < -0.4 is 10.6 Å². The molecular formula is C19H22N6. The quantitative estimate of drug-likeness (QED) is 0.732. The summed E-state index contributed by atoms with van der Waals surface area (Å²) < 4.78 is 0. The Morgan fingerprint density at radius 3 is 2.84 bits per heavy atom. The molecule has 6 heteroatoms. The molecule has 0 radical (unpaired) electrons. The van der Waals surface area contributed by atoms with E-state index in [9.17, 15) is 0 Å². The zero-order valence-electron chi connectivity index (χ0n) is 14.4. The van der Waals surface area contributed by atoms with E-state index < -0.39 is 0 Å². The molecule has 6 nitrogen and oxygen atoms in total. The van der Waals surface area contributed by atoms with Gasteiger partial charge >= 0.3 is 0 Å². The highest BCUT2D eigenvalue weighted by molar-refractivity contribution is 5.87.